The summed E-state index contributed by atoms with van der Waals surface area (Å²) in [4.78, 5) is 21.4. The lowest BCUT2D eigenvalue weighted by molar-refractivity contribution is 0.0690. The molecule has 1 aromatic rings. The molecule has 1 N–H and O–H groups in total. The predicted octanol–water partition coefficient (Wildman–Crippen LogP) is 1.94. The van der Waals surface area contributed by atoms with E-state index in [1.54, 1.807) is 6.20 Å². The fourth-order valence-electron chi connectivity index (χ4n) is 3.29. The summed E-state index contributed by atoms with van der Waals surface area (Å²) in [5, 5.41) is 8.96. The maximum absolute atomic E-state index is 10.9. The normalized spacial score (nSPS) is 27.0. The molecule has 1 saturated carbocycles. The van der Waals surface area contributed by atoms with Crippen molar-refractivity contribution in [1.82, 2.24) is 9.97 Å². The van der Waals surface area contributed by atoms with Crippen molar-refractivity contribution in [1.29, 1.82) is 0 Å². The zero-order valence-corrected chi connectivity index (χ0v) is 10.2. The van der Waals surface area contributed by atoms with E-state index in [-0.39, 0.29) is 5.69 Å². The molecule has 2 aliphatic rings. The fraction of sp³-hybridized carbons (Fsp3) is 0.615. The van der Waals surface area contributed by atoms with Crippen LogP contribution in [0.4, 0.5) is 5.82 Å². The third-order valence-electron chi connectivity index (χ3n) is 4.15. The number of anilines is 1. The summed E-state index contributed by atoms with van der Waals surface area (Å²) < 4.78 is 0. The molecule has 18 heavy (non-hydrogen) atoms. The van der Waals surface area contributed by atoms with E-state index in [2.05, 4.69) is 14.9 Å². The van der Waals surface area contributed by atoms with Gasteiger partial charge in [-0.1, -0.05) is 12.8 Å². The maximum atomic E-state index is 10.9. The summed E-state index contributed by atoms with van der Waals surface area (Å²) in [6.45, 7) is 0.979. The largest absolute Gasteiger partial charge is 0.476 e. The molecule has 1 aromatic heterocycles. The summed E-state index contributed by atoms with van der Waals surface area (Å²) >= 11 is 0. The molecule has 2 fully saturated rings. The summed E-state index contributed by atoms with van der Waals surface area (Å²) in [5.41, 5.74) is 0.0340. The number of hydrogen-bond acceptors (Lipinski definition) is 4. The first-order valence-electron chi connectivity index (χ1n) is 6.57. The molecule has 2 atom stereocenters. The van der Waals surface area contributed by atoms with Gasteiger partial charge in [-0.15, -0.1) is 0 Å². The zero-order chi connectivity index (χ0) is 12.5. The van der Waals surface area contributed by atoms with E-state index < -0.39 is 5.97 Å². The van der Waals surface area contributed by atoms with E-state index in [0.717, 1.165) is 18.3 Å². The Morgan fingerprint density at radius 3 is 2.94 bits per heavy atom. The van der Waals surface area contributed by atoms with Crippen molar-refractivity contribution in [3.05, 3.63) is 18.1 Å². The Morgan fingerprint density at radius 2 is 2.11 bits per heavy atom. The van der Waals surface area contributed by atoms with Gasteiger partial charge in [0.25, 0.3) is 0 Å². The first-order chi connectivity index (χ1) is 8.75. The molecule has 5 heteroatoms. The van der Waals surface area contributed by atoms with Crippen LogP contribution in [0.5, 0.6) is 0 Å². The number of aromatic nitrogens is 2. The van der Waals surface area contributed by atoms with Gasteiger partial charge in [0.15, 0.2) is 5.69 Å². The summed E-state index contributed by atoms with van der Waals surface area (Å²) in [7, 11) is 0. The van der Waals surface area contributed by atoms with Crippen molar-refractivity contribution in [3.63, 3.8) is 0 Å². The van der Waals surface area contributed by atoms with Gasteiger partial charge in [-0.05, 0) is 25.2 Å². The number of nitrogens with zero attached hydrogens (tertiary/aromatic N) is 3. The van der Waals surface area contributed by atoms with Crippen LogP contribution in [0.3, 0.4) is 0 Å². The van der Waals surface area contributed by atoms with Gasteiger partial charge in [-0.2, -0.15) is 0 Å². The van der Waals surface area contributed by atoms with Crippen LogP contribution in [-0.4, -0.2) is 33.6 Å². The number of aromatic carboxylic acids is 1. The highest BCUT2D eigenvalue weighted by atomic mass is 16.4. The second kappa shape index (κ2) is 4.55. The molecule has 2 unspecified atom stereocenters. The summed E-state index contributed by atoms with van der Waals surface area (Å²) in [6.07, 6.45) is 9.28. The Kier molecular flexibility index (Phi) is 2.89. The molecule has 2 heterocycles. The van der Waals surface area contributed by atoms with Gasteiger partial charge in [0.05, 0.1) is 12.4 Å². The van der Waals surface area contributed by atoms with Crippen LogP contribution in [-0.2, 0) is 0 Å². The van der Waals surface area contributed by atoms with E-state index >= 15 is 0 Å². The lowest BCUT2D eigenvalue weighted by atomic mass is 9.85. The predicted molar refractivity (Wildman–Crippen MR) is 66.7 cm³/mol. The molecular weight excluding hydrogens is 230 g/mol. The molecule has 0 aromatic carbocycles. The van der Waals surface area contributed by atoms with Crippen LogP contribution in [0.15, 0.2) is 12.4 Å². The number of carboxylic acids is 1. The molecule has 3 rings (SSSR count). The van der Waals surface area contributed by atoms with Crippen LogP contribution in [0, 0.1) is 5.92 Å². The smallest absolute Gasteiger partial charge is 0.356 e. The second-order valence-corrected chi connectivity index (χ2v) is 5.16. The molecule has 96 valence electrons. The first-order valence-corrected chi connectivity index (χ1v) is 6.57. The minimum Gasteiger partial charge on any atom is -0.476 e. The van der Waals surface area contributed by atoms with Crippen molar-refractivity contribution in [2.45, 2.75) is 38.1 Å². The van der Waals surface area contributed by atoms with Crippen LogP contribution in [0.25, 0.3) is 0 Å². The van der Waals surface area contributed by atoms with Crippen molar-refractivity contribution in [2.75, 3.05) is 11.4 Å². The molecule has 1 aliphatic heterocycles. The third-order valence-corrected chi connectivity index (χ3v) is 4.15. The number of rotatable bonds is 2. The van der Waals surface area contributed by atoms with Crippen LogP contribution in [0.1, 0.15) is 42.6 Å². The standard InChI is InChI=1S/C13H17N3O2/c17-13(18)10-7-14-8-12(15-10)16-6-5-9-3-1-2-4-11(9)16/h7-9,11H,1-6H2,(H,17,18). The van der Waals surface area contributed by atoms with E-state index in [0.29, 0.717) is 6.04 Å². The van der Waals surface area contributed by atoms with E-state index in [4.69, 9.17) is 5.11 Å². The first kappa shape index (κ1) is 11.4. The number of fused-ring (bicyclic) bond motifs is 1. The van der Waals surface area contributed by atoms with E-state index in [1.807, 2.05) is 0 Å². The van der Waals surface area contributed by atoms with Crippen LogP contribution >= 0.6 is 0 Å². The lowest BCUT2D eigenvalue weighted by Gasteiger charge is -2.32. The highest BCUT2D eigenvalue weighted by Gasteiger charge is 2.36. The summed E-state index contributed by atoms with van der Waals surface area (Å²) in [6, 6.07) is 0.539. The Bertz CT molecular complexity index is 463. The highest BCUT2D eigenvalue weighted by molar-refractivity contribution is 5.85. The average Bonchev–Trinajstić information content (AvgIpc) is 2.82. The third kappa shape index (κ3) is 1.94. The molecular formula is C13H17N3O2. The van der Waals surface area contributed by atoms with Gasteiger partial charge in [-0.25, -0.2) is 9.78 Å². The number of carboxylic acid groups (broad SMARTS) is 1. The van der Waals surface area contributed by atoms with Gasteiger partial charge < -0.3 is 10.0 Å². The minimum absolute atomic E-state index is 0.0340. The van der Waals surface area contributed by atoms with Gasteiger partial charge in [0.2, 0.25) is 0 Å². The second-order valence-electron chi connectivity index (χ2n) is 5.16. The number of hydrogen-bond donors (Lipinski definition) is 1. The molecule has 1 saturated heterocycles. The van der Waals surface area contributed by atoms with Crippen molar-refractivity contribution >= 4 is 11.8 Å². The Labute approximate surface area is 106 Å². The SMILES string of the molecule is O=C(O)c1cncc(N2CCC3CCCCC32)n1. The van der Waals surface area contributed by atoms with Crippen molar-refractivity contribution in [3.8, 4) is 0 Å². The molecule has 0 radical (unpaired) electrons. The molecule has 0 amide bonds. The maximum Gasteiger partial charge on any atom is 0.356 e. The van der Waals surface area contributed by atoms with Gasteiger partial charge in [0.1, 0.15) is 5.82 Å². The molecule has 1 aliphatic carbocycles. The molecule has 0 spiro atoms. The van der Waals surface area contributed by atoms with Crippen LogP contribution < -0.4 is 4.90 Å². The highest BCUT2D eigenvalue weighted by Crippen LogP contribution is 2.37. The van der Waals surface area contributed by atoms with Crippen molar-refractivity contribution in [2.24, 2.45) is 5.92 Å². The minimum atomic E-state index is -1.01. The summed E-state index contributed by atoms with van der Waals surface area (Å²) in [5.74, 6) is 0.474. The van der Waals surface area contributed by atoms with E-state index in [1.165, 1.54) is 38.3 Å². The fourth-order valence-corrected chi connectivity index (χ4v) is 3.29. The Balaban J connectivity index is 1.86. The topological polar surface area (TPSA) is 66.3 Å². The van der Waals surface area contributed by atoms with Gasteiger partial charge in [-0.3, -0.25) is 4.98 Å². The quantitative estimate of drug-likeness (QED) is 0.865. The zero-order valence-electron chi connectivity index (χ0n) is 10.2. The Morgan fingerprint density at radius 1 is 1.28 bits per heavy atom. The molecule has 0 bridgehead atoms. The average molecular weight is 247 g/mol. The van der Waals surface area contributed by atoms with E-state index in [9.17, 15) is 4.79 Å². The number of carbonyl (C=O) groups is 1. The monoisotopic (exact) mass is 247 g/mol. The van der Waals surface area contributed by atoms with Crippen molar-refractivity contribution < 1.29 is 9.90 Å². The molecule has 5 nitrogen and oxygen atoms in total. The van der Waals surface area contributed by atoms with Gasteiger partial charge >= 0.3 is 5.97 Å². The van der Waals surface area contributed by atoms with Gasteiger partial charge in [0, 0.05) is 12.6 Å². The van der Waals surface area contributed by atoms with Crippen LogP contribution in [0.2, 0.25) is 0 Å². The Hall–Kier alpha value is -1.65. The lowest BCUT2D eigenvalue weighted by Crippen LogP contribution is -2.35.